The van der Waals surface area contributed by atoms with Crippen molar-refractivity contribution < 1.29 is 18.5 Å². The Bertz CT molecular complexity index is 804. The lowest BCUT2D eigenvalue weighted by atomic mass is 10.2. The zero-order chi connectivity index (χ0) is 17.9. The van der Waals surface area contributed by atoms with Crippen molar-refractivity contribution in [1.29, 1.82) is 0 Å². The Morgan fingerprint density at radius 3 is 2.58 bits per heavy atom. The first-order valence-corrected chi connectivity index (χ1v) is 7.90. The topological polar surface area (TPSA) is 72.2 Å². The molecular formula is C15H11ClF2N2O3S. The number of hydrogen-bond acceptors (Lipinski definition) is 4. The maximum atomic E-state index is 13.2. The molecule has 0 saturated carbocycles. The Labute approximate surface area is 145 Å². The predicted molar refractivity (Wildman–Crippen MR) is 88.4 cm³/mol. The van der Waals surface area contributed by atoms with Gasteiger partial charge in [0.15, 0.2) is 11.6 Å². The zero-order valence-corrected chi connectivity index (χ0v) is 13.8. The molecule has 24 heavy (non-hydrogen) atoms. The summed E-state index contributed by atoms with van der Waals surface area (Å²) in [6.07, 6.45) is 0. The van der Waals surface area contributed by atoms with Crippen molar-refractivity contribution in [3.8, 4) is 0 Å². The van der Waals surface area contributed by atoms with Gasteiger partial charge in [0.25, 0.3) is 5.69 Å². The first-order chi connectivity index (χ1) is 11.3. The third-order valence-corrected chi connectivity index (χ3v) is 4.42. The SMILES string of the molecule is CC(Sc1ccc(F)c(F)c1)C(=O)Nc1cc([N+](=O)[O-])ccc1Cl. The van der Waals surface area contributed by atoms with Gasteiger partial charge < -0.3 is 5.32 Å². The summed E-state index contributed by atoms with van der Waals surface area (Å²) in [5, 5.41) is 12.7. The van der Waals surface area contributed by atoms with E-state index in [4.69, 9.17) is 11.6 Å². The second-order valence-corrected chi connectivity index (χ2v) is 6.57. The fraction of sp³-hybridized carbons (Fsp3) is 0.133. The Balaban J connectivity index is 2.10. The molecule has 126 valence electrons. The van der Waals surface area contributed by atoms with Crippen molar-refractivity contribution in [2.45, 2.75) is 17.1 Å². The summed E-state index contributed by atoms with van der Waals surface area (Å²) in [6, 6.07) is 6.99. The van der Waals surface area contributed by atoms with E-state index in [-0.39, 0.29) is 16.4 Å². The Morgan fingerprint density at radius 1 is 1.25 bits per heavy atom. The summed E-state index contributed by atoms with van der Waals surface area (Å²) < 4.78 is 26.1. The van der Waals surface area contributed by atoms with Crippen LogP contribution in [0.1, 0.15) is 6.92 Å². The quantitative estimate of drug-likeness (QED) is 0.471. The van der Waals surface area contributed by atoms with Gasteiger partial charge in [-0.1, -0.05) is 11.6 Å². The predicted octanol–water partition coefficient (Wildman–Crippen LogP) is 4.65. The third kappa shape index (κ3) is 4.42. The van der Waals surface area contributed by atoms with Crippen LogP contribution < -0.4 is 5.32 Å². The summed E-state index contributed by atoms with van der Waals surface area (Å²) in [5.74, 6) is -2.46. The lowest BCUT2D eigenvalue weighted by Crippen LogP contribution is -2.22. The maximum absolute atomic E-state index is 13.2. The Hall–Kier alpha value is -2.19. The molecule has 0 spiro atoms. The van der Waals surface area contributed by atoms with Gasteiger partial charge in [-0.3, -0.25) is 14.9 Å². The highest BCUT2D eigenvalue weighted by molar-refractivity contribution is 8.00. The molecule has 0 radical (unpaired) electrons. The van der Waals surface area contributed by atoms with Crippen LogP contribution in [0.2, 0.25) is 5.02 Å². The molecule has 1 unspecified atom stereocenters. The summed E-state index contributed by atoms with van der Waals surface area (Å²) in [7, 11) is 0. The molecule has 0 saturated heterocycles. The summed E-state index contributed by atoms with van der Waals surface area (Å²) in [4.78, 5) is 22.7. The van der Waals surface area contributed by atoms with Gasteiger partial charge >= 0.3 is 0 Å². The van der Waals surface area contributed by atoms with Crippen LogP contribution in [0.15, 0.2) is 41.3 Å². The minimum absolute atomic E-state index is 0.105. The molecule has 5 nitrogen and oxygen atoms in total. The average molecular weight is 373 g/mol. The number of amides is 1. The number of halogens is 3. The molecular weight excluding hydrogens is 362 g/mol. The van der Waals surface area contributed by atoms with Crippen LogP contribution in [0.5, 0.6) is 0 Å². The average Bonchev–Trinajstić information content (AvgIpc) is 2.52. The van der Waals surface area contributed by atoms with E-state index >= 15 is 0 Å². The molecule has 0 heterocycles. The van der Waals surface area contributed by atoms with Gasteiger partial charge in [0.05, 0.1) is 20.9 Å². The van der Waals surface area contributed by atoms with Crippen molar-refractivity contribution in [2.24, 2.45) is 0 Å². The number of rotatable bonds is 5. The summed E-state index contributed by atoms with van der Waals surface area (Å²) in [5.41, 5.74) is -0.107. The normalized spacial score (nSPS) is 11.8. The fourth-order valence-electron chi connectivity index (χ4n) is 1.76. The number of anilines is 1. The number of nitro groups is 1. The molecule has 0 bridgehead atoms. The van der Waals surface area contributed by atoms with Crippen LogP contribution in [-0.2, 0) is 4.79 Å². The van der Waals surface area contributed by atoms with Crippen LogP contribution >= 0.6 is 23.4 Å². The summed E-state index contributed by atoms with van der Waals surface area (Å²) >= 11 is 6.93. The highest BCUT2D eigenvalue weighted by Gasteiger charge is 2.18. The van der Waals surface area contributed by atoms with E-state index in [1.165, 1.54) is 18.2 Å². The van der Waals surface area contributed by atoms with Crippen LogP contribution in [-0.4, -0.2) is 16.1 Å². The van der Waals surface area contributed by atoms with Crippen LogP contribution in [0, 0.1) is 21.7 Å². The number of benzene rings is 2. The zero-order valence-electron chi connectivity index (χ0n) is 12.3. The van der Waals surface area contributed by atoms with E-state index in [0.717, 1.165) is 30.0 Å². The smallest absolute Gasteiger partial charge is 0.271 e. The third-order valence-electron chi connectivity index (χ3n) is 2.99. The van der Waals surface area contributed by atoms with Gasteiger partial charge in [0.1, 0.15) is 0 Å². The first kappa shape index (κ1) is 18.2. The van der Waals surface area contributed by atoms with E-state index in [1.807, 2.05) is 0 Å². The van der Waals surface area contributed by atoms with Gasteiger partial charge in [-0.15, -0.1) is 11.8 Å². The second-order valence-electron chi connectivity index (χ2n) is 4.75. The largest absolute Gasteiger partial charge is 0.324 e. The van der Waals surface area contributed by atoms with Crippen molar-refractivity contribution in [3.05, 3.63) is 63.2 Å². The fourth-order valence-corrected chi connectivity index (χ4v) is 2.82. The molecule has 9 heteroatoms. The number of carbonyl (C=O) groups is 1. The number of thioether (sulfide) groups is 1. The molecule has 1 atom stereocenters. The monoisotopic (exact) mass is 372 g/mol. The van der Waals surface area contributed by atoms with Crippen molar-refractivity contribution >= 4 is 40.6 Å². The van der Waals surface area contributed by atoms with Gasteiger partial charge in [-0.2, -0.15) is 0 Å². The number of carbonyl (C=O) groups excluding carboxylic acids is 1. The molecule has 0 aliphatic carbocycles. The van der Waals surface area contributed by atoms with E-state index in [1.54, 1.807) is 6.92 Å². The molecule has 0 aliphatic heterocycles. The maximum Gasteiger partial charge on any atom is 0.271 e. The van der Waals surface area contributed by atoms with Crippen molar-refractivity contribution in [2.75, 3.05) is 5.32 Å². The molecule has 2 aromatic rings. The van der Waals surface area contributed by atoms with Crippen LogP contribution in [0.4, 0.5) is 20.2 Å². The van der Waals surface area contributed by atoms with Crippen molar-refractivity contribution in [1.82, 2.24) is 0 Å². The van der Waals surface area contributed by atoms with Gasteiger partial charge in [-0.05, 0) is 31.2 Å². The van der Waals surface area contributed by atoms with Crippen LogP contribution in [0.25, 0.3) is 0 Å². The molecule has 1 amide bonds. The Morgan fingerprint density at radius 2 is 1.96 bits per heavy atom. The van der Waals surface area contributed by atoms with E-state index in [2.05, 4.69) is 5.32 Å². The number of hydrogen-bond donors (Lipinski definition) is 1. The molecule has 0 aliphatic rings. The number of non-ortho nitro benzene ring substituents is 1. The van der Waals surface area contributed by atoms with Gasteiger partial charge in [0.2, 0.25) is 5.91 Å². The van der Waals surface area contributed by atoms with Crippen molar-refractivity contribution in [3.63, 3.8) is 0 Å². The lowest BCUT2D eigenvalue weighted by Gasteiger charge is -2.13. The Kier molecular flexibility index (Phi) is 5.74. The molecule has 0 fully saturated rings. The number of nitro benzene ring substituents is 1. The minimum Gasteiger partial charge on any atom is -0.324 e. The summed E-state index contributed by atoms with van der Waals surface area (Å²) in [6.45, 7) is 1.56. The van der Waals surface area contributed by atoms with Gasteiger partial charge in [-0.25, -0.2) is 8.78 Å². The number of nitrogens with zero attached hydrogens (tertiary/aromatic N) is 1. The molecule has 2 aromatic carbocycles. The highest BCUT2D eigenvalue weighted by Crippen LogP contribution is 2.29. The standard InChI is InChI=1S/C15H11ClF2N2O3S/c1-8(24-10-3-5-12(17)13(18)7-10)15(21)19-14-6-9(20(22)23)2-4-11(14)16/h2-8H,1H3,(H,19,21). The molecule has 1 N–H and O–H groups in total. The molecule has 2 rings (SSSR count). The van der Waals surface area contributed by atoms with E-state index in [9.17, 15) is 23.7 Å². The lowest BCUT2D eigenvalue weighted by molar-refractivity contribution is -0.384. The second kappa shape index (κ2) is 7.59. The number of nitrogens with one attached hydrogen (secondary N) is 1. The van der Waals surface area contributed by atoms with E-state index in [0.29, 0.717) is 4.90 Å². The first-order valence-electron chi connectivity index (χ1n) is 6.64. The minimum atomic E-state index is -1.01. The highest BCUT2D eigenvalue weighted by atomic mass is 35.5. The van der Waals surface area contributed by atoms with Crippen LogP contribution in [0.3, 0.4) is 0 Å². The van der Waals surface area contributed by atoms with Gasteiger partial charge in [0, 0.05) is 17.0 Å². The van der Waals surface area contributed by atoms with E-state index < -0.39 is 27.7 Å². The molecule has 0 aromatic heterocycles.